The van der Waals surface area contributed by atoms with E-state index >= 15 is 0 Å². The molecule has 4 rings (SSSR count). The Morgan fingerprint density at radius 3 is 2.51 bits per heavy atom. The Balaban J connectivity index is 1.44. The van der Waals surface area contributed by atoms with E-state index in [9.17, 15) is 4.79 Å². The van der Waals surface area contributed by atoms with Gasteiger partial charge in [-0.1, -0.05) is 39.7 Å². The van der Waals surface area contributed by atoms with Crippen LogP contribution in [0.1, 0.15) is 75.0 Å². The fraction of sp³-hybridized carbons (Fsp3) is 0.571. The van der Waals surface area contributed by atoms with Gasteiger partial charge in [-0.05, 0) is 61.5 Å². The number of carbonyl (C=O) groups excluding carboxylic acids is 1. The Labute approximate surface area is 222 Å². The third kappa shape index (κ3) is 6.21. The Morgan fingerprint density at radius 1 is 1.16 bits per heavy atom. The van der Waals surface area contributed by atoms with Crippen LogP contribution < -0.4 is 5.32 Å². The Hall–Kier alpha value is -2.78. The van der Waals surface area contributed by atoms with Crippen molar-refractivity contribution in [2.24, 2.45) is 0 Å². The van der Waals surface area contributed by atoms with Crippen molar-refractivity contribution in [3.05, 3.63) is 41.9 Å². The minimum absolute atomic E-state index is 0.00798. The predicted octanol–water partition coefficient (Wildman–Crippen LogP) is 6.34. The number of hydrogen-bond donors (Lipinski definition) is 1. The molecule has 0 saturated heterocycles. The zero-order chi connectivity index (χ0) is 26.8. The maximum absolute atomic E-state index is 12.9. The quantitative estimate of drug-likeness (QED) is 0.261. The van der Waals surface area contributed by atoms with Crippen LogP contribution in [0.5, 0.6) is 0 Å². The number of anilines is 2. The van der Waals surface area contributed by atoms with Crippen LogP contribution in [0.25, 0.3) is 11.0 Å². The molecule has 37 heavy (non-hydrogen) atoms. The summed E-state index contributed by atoms with van der Waals surface area (Å²) in [5, 5.41) is 4.36. The highest BCUT2D eigenvalue weighted by Gasteiger charge is 2.36. The van der Waals surface area contributed by atoms with Crippen LogP contribution in [0.15, 0.2) is 30.6 Å². The second kappa shape index (κ2) is 10.9. The van der Waals surface area contributed by atoms with E-state index in [1.54, 1.807) is 25.2 Å². The standard InChI is InChI=1S/C28H42N6O2Si/c1-28(2,3)37(6,7)36-16-10-11-20-14-15-24(29-18-20)31-27-30-19-21-17-23(26(35)33(4)5)34(25(21)32-27)22-12-8-9-13-22/h14-15,17-19,22H,8-13,16H2,1-7H3,(H,29,30,31,32). The van der Waals surface area contributed by atoms with E-state index in [0.29, 0.717) is 17.5 Å². The second-order valence-electron chi connectivity index (χ2n) is 11.9. The first kappa shape index (κ1) is 27.3. The third-order valence-corrected chi connectivity index (χ3v) is 12.4. The first-order valence-corrected chi connectivity index (χ1v) is 16.3. The smallest absolute Gasteiger partial charge is 0.270 e. The second-order valence-corrected chi connectivity index (χ2v) is 16.7. The lowest BCUT2D eigenvalue weighted by Gasteiger charge is -2.36. The number of amides is 1. The lowest BCUT2D eigenvalue weighted by molar-refractivity contribution is 0.0815. The normalized spacial score (nSPS) is 14.9. The van der Waals surface area contributed by atoms with Gasteiger partial charge in [-0.3, -0.25) is 4.79 Å². The summed E-state index contributed by atoms with van der Waals surface area (Å²) < 4.78 is 8.42. The summed E-state index contributed by atoms with van der Waals surface area (Å²) in [7, 11) is 1.87. The van der Waals surface area contributed by atoms with Crippen molar-refractivity contribution in [3.63, 3.8) is 0 Å². The molecule has 1 saturated carbocycles. The number of carbonyl (C=O) groups is 1. The van der Waals surface area contributed by atoms with E-state index < -0.39 is 8.32 Å². The number of nitrogens with one attached hydrogen (secondary N) is 1. The van der Waals surface area contributed by atoms with E-state index in [2.05, 4.69) is 59.8 Å². The monoisotopic (exact) mass is 522 g/mol. The van der Waals surface area contributed by atoms with Crippen LogP contribution in [0.4, 0.5) is 11.8 Å². The molecule has 8 nitrogen and oxygen atoms in total. The fourth-order valence-corrected chi connectivity index (χ4v) is 5.66. The van der Waals surface area contributed by atoms with Crippen molar-refractivity contribution in [1.82, 2.24) is 24.4 Å². The van der Waals surface area contributed by atoms with E-state index in [1.165, 1.54) is 18.4 Å². The molecule has 1 aliphatic carbocycles. The minimum Gasteiger partial charge on any atom is -0.417 e. The Kier molecular flexibility index (Phi) is 8.04. The van der Waals surface area contributed by atoms with Crippen molar-refractivity contribution >= 4 is 37.0 Å². The molecule has 1 fully saturated rings. The van der Waals surface area contributed by atoms with Crippen LogP contribution in [0.2, 0.25) is 18.1 Å². The van der Waals surface area contributed by atoms with Crippen LogP contribution in [0, 0.1) is 0 Å². The number of nitrogens with zero attached hydrogens (tertiary/aromatic N) is 5. The van der Waals surface area contributed by atoms with Gasteiger partial charge in [0, 0.05) is 44.5 Å². The molecule has 0 unspecified atom stereocenters. The molecule has 1 N–H and O–H groups in total. The van der Waals surface area contributed by atoms with Gasteiger partial charge in [-0.15, -0.1) is 0 Å². The van der Waals surface area contributed by atoms with Crippen molar-refractivity contribution < 1.29 is 9.22 Å². The average molecular weight is 523 g/mol. The number of pyridine rings is 1. The van der Waals surface area contributed by atoms with Crippen LogP contribution in [-0.2, 0) is 10.8 Å². The van der Waals surface area contributed by atoms with Gasteiger partial charge in [0.05, 0.1) is 0 Å². The number of hydrogen-bond acceptors (Lipinski definition) is 6. The SMILES string of the molecule is CN(C)C(=O)c1cc2cnc(Nc3ccc(CCCO[Si](C)(C)C(C)(C)C)cn3)nc2n1C1CCCC1. The number of aryl methyl sites for hydroxylation is 1. The number of aromatic nitrogens is 4. The van der Waals surface area contributed by atoms with Gasteiger partial charge in [0.1, 0.15) is 17.2 Å². The maximum atomic E-state index is 12.9. The average Bonchev–Trinajstić information content (AvgIpc) is 3.49. The molecule has 0 radical (unpaired) electrons. The van der Waals surface area contributed by atoms with Gasteiger partial charge in [0.15, 0.2) is 8.32 Å². The summed E-state index contributed by atoms with van der Waals surface area (Å²) in [6.07, 6.45) is 10.1. The largest absolute Gasteiger partial charge is 0.417 e. The van der Waals surface area contributed by atoms with E-state index in [1.807, 2.05) is 18.3 Å². The molecule has 200 valence electrons. The molecule has 3 aromatic heterocycles. The summed E-state index contributed by atoms with van der Waals surface area (Å²) in [5.74, 6) is 1.17. The molecular weight excluding hydrogens is 480 g/mol. The van der Waals surface area contributed by atoms with Gasteiger partial charge >= 0.3 is 0 Å². The molecule has 0 atom stereocenters. The Bertz CT molecular complexity index is 1220. The fourth-order valence-electron chi connectivity index (χ4n) is 4.58. The summed E-state index contributed by atoms with van der Waals surface area (Å²) >= 11 is 0. The lowest BCUT2D eigenvalue weighted by Crippen LogP contribution is -2.41. The van der Waals surface area contributed by atoms with Crippen LogP contribution in [0.3, 0.4) is 0 Å². The van der Waals surface area contributed by atoms with Gasteiger partial charge in [-0.25, -0.2) is 9.97 Å². The van der Waals surface area contributed by atoms with Crippen LogP contribution >= 0.6 is 0 Å². The molecule has 9 heteroatoms. The number of fused-ring (bicyclic) bond motifs is 1. The number of rotatable bonds is 9. The van der Waals surface area contributed by atoms with Gasteiger partial charge in [0.2, 0.25) is 5.95 Å². The summed E-state index contributed by atoms with van der Waals surface area (Å²) in [4.78, 5) is 28.4. The zero-order valence-corrected chi connectivity index (χ0v) is 24.5. The van der Waals surface area contributed by atoms with E-state index in [4.69, 9.17) is 9.41 Å². The molecule has 3 heterocycles. The van der Waals surface area contributed by atoms with E-state index in [-0.39, 0.29) is 17.0 Å². The molecule has 0 aromatic carbocycles. The highest BCUT2D eigenvalue weighted by atomic mass is 28.4. The topological polar surface area (TPSA) is 85.2 Å². The molecule has 1 amide bonds. The molecule has 1 aliphatic rings. The molecule has 0 spiro atoms. The van der Waals surface area contributed by atoms with Gasteiger partial charge in [0.25, 0.3) is 5.91 Å². The minimum atomic E-state index is -1.70. The summed E-state index contributed by atoms with van der Waals surface area (Å²) in [6.45, 7) is 12.2. The third-order valence-electron chi connectivity index (χ3n) is 7.83. The van der Waals surface area contributed by atoms with Crippen molar-refractivity contribution in [2.75, 3.05) is 26.0 Å². The van der Waals surface area contributed by atoms with Crippen LogP contribution in [-0.4, -0.2) is 59.3 Å². The molecule has 0 aliphatic heterocycles. The molecule has 0 bridgehead atoms. The summed E-state index contributed by atoms with van der Waals surface area (Å²) in [5.41, 5.74) is 2.66. The van der Waals surface area contributed by atoms with Crippen molar-refractivity contribution in [1.29, 1.82) is 0 Å². The first-order valence-electron chi connectivity index (χ1n) is 13.4. The van der Waals surface area contributed by atoms with Gasteiger partial charge in [-0.2, -0.15) is 4.98 Å². The highest BCUT2D eigenvalue weighted by Crippen LogP contribution is 2.37. The first-order chi connectivity index (χ1) is 17.5. The lowest BCUT2D eigenvalue weighted by atomic mass is 10.2. The van der Waals surface area contributed by atoms with Gasteiger partial charge < -0.3 is 19.2 Å². The zero-order valence-electron chi connectivity index (χ0n) is 23.5. The van der Waals surface area contributed by atoms with Crippen molar-refractivity contribution in [2.45, 2.75) is 83.5 Å². The predicted molar refractivity (Wildman–Crippen MR) is 152 cm³/mol. The maximum Gasteiger partial charge on any atom is 0.270 e. The Morgan fingerprint density at radius 2 is 1.89 bits per heavy atom. The molecular formula is C28H42N6O2Si. The highest BCUT2D eigenvalue weighted by molar-refractivity contribution is 6.74. The molecule has 3 aromatic rings. The summed E-state index contributed by atoms with van der Waals surface area (Å²) in [6, 6.07) is 6.27. The van der Waals surface area contributed by atoms with E-state index in [0.717, 1.165) is 43.3 Å². The van der Waals surface area contributed by atoms with Crippen molar-refractivity contribution in [3.8, 4) is 0 Å².